The predicted octanol–water partition coefficient (Wildman–Crippen LogP) is 3.48. The average molecular weight is 384 g/mol. The van der Waals surface area contributed by atoms with E-state index in [0.717, 1.165) is 21.2 Å². The summed E-state index contributed by atoms with van der Waals surface area (Å²) in [4.78, 5) is 19.6. The summed E-state index contributed by atoms with van der Waals surface area (Å²) in [6.07, 6.45) is 0. The van der Waals surface area contributed by atoms with E-state index in [1.165, 1.54) is 11.8 Å². The van der Waals surface area contributed by atoms with Gasteiger partial charge in [0.2, 0.25) is 0 Å². The van der Waals surface area contributed by atoms with Gasteiger partial charge in [0.1, 0.15) is 0 Å². The fourth-order valence-corrected chi connectivity index (χ4v) is 3.58. The second-order valence-corrected chi connectivity index (χ2v) is 6.85. The van der Waals surface area contributed by atoms with Crippen molar-refractivity contribution in [2.75, 3.05) is 5.75 Å². The number of rotatable bonds is 5. The summed E-state index contributed by atoms with van der Waals surface area (Å²) in [6.45, 7) is 0.587. The molecule has 0 saturated heterocycles. The lowest BCUT2D eigenvalue weighted by molar-refractivity contribution is -0.133. The molecule has 0 spiro atoms. The number of aliphatic carboxylic acids is 1. The van der Waals surface area contributed by atoms with E-state index in [9.17, 15) is 4.79 Å². The number of carbonyl (C=O) groups is 1. The molecule has 0 amide bonds. The first-order chi connectivity index (χ1) is 10.1. The summed E-state index contributed by atoms with van der Waals surface area (Å²) >= 11 is 6.19. The van der Waals surface area contributed by atoms with Crippen molar-refractivity contribution < 1.29 is 9.90 Å². The van der Waals surface area contributed by atoms with E-state index in [1.54, 1.807) is 16.8 Å². The molecular weight excluding hydrogens is 374 g/mol. The number of imidazole rings is 1. The van der Waals surface area contributed by atoms with Crippen molar-refractivity contribution >= 4 is 56.0 Å². The van der Waals surface area contributed by atoms with Crippen molar-refractivity contribution in [3.63, 3.8) is 0 Å². The third-order valence-electron chi connectivity index (χ3n) is 2.80. The van der Waals surface area contributed by atoms with E-state index in [-0.39, 0.29) is 5.75 Å². The Labute approximate surface area is 137 Å². The maximum atomic E-state index is 10.8. The molecule has 0 fully saturated rings. The number of halogens is 1. The van der Waals surface area contributed by atoms with Crippen LogP contribution in [-0.4, -0.2) is 31.4 Å². The highest BCUT2D eigenvalue weighted by Gasteiger charge is 2.14. The van der Waals surface area contributed by atoms with Crippen LogP contribution >= 0.6 is 39.0 Å². The van der Waals surface area contributed by atoms with Gasteiger partial charge in [0, 0.05) is 9.85 Å². The Balaban J connectivity index is 2.03. The SMILES string of the molecule is O=C(O)CSc1nc2cc(Br)ccc2n1Cc1cscn1. The van der Waals surface area contributed by atoms with Crippen molar-refractivity contribution in [2.24, 2.45) is 0 Å². The van der Waals surface area contributed by atoms with Crippen LogP contribution in [0.25, 0.3) is 11.0 Å². The largest absolute Gasteiger partial charge is 0.481 e. The van der Waals surface area contributed by atoms with Crippen molar-refractivity contribution in [3.8, 4) is 0 Å². The zero-order valence-corrected chi connectivity index (χ0v) is 13.9. The zero-order chi connectivity index (χ0) is 14.8. The Morgan fingerprint density at radius 2 is 2.33 bits per heavy atom. The van der Waals surface area contributed by atoms with Gasteiger partial charge in [-0.25, -0.2) is 9.97 Å². The van der Waals surface area contributed by atoms with E-state index in [0.29, 0.717) is 11.7 Å². The molecular formula is C13H10BrN3O2S2. The number of thioether (sulfide) groups is 1. The van der Waals surface area contributed by atoms with Crippen LogP contribution in [-0.2, 0) is 11.3 Å². The van der Waals surface area contributed by atoms with Gasteiger partial charge in [-0.05, 0) is 18.2 Å². The minimum Gasteiger partial charge on any atom is -0.481 e. The molecule has 108 valence electrons. The van der Waals surface area contributed by atoms with Gasteiger partial charge in [-0.3, -0.25) is 4.79 Å². The van der Waals surface area contributed by atoms with Gasteiger partial charge in [0.05, 0.1) is 34.5 Å². The molecule has 2 heterocycles. The Bertz CT molecular complexity index is 786. The predicted molar refractivity (Wildman–Crippen MR) is 87.0 cm³/mol. The van der Waals surface area contributed by atoms with Crippen LogP contribution < -0.4 is 0 Å². The fraction of sp³-hybridized carbons (Fsp3) is 0.154. The third kappa shape index (κ3) is 3.28. The van der Waals surface area contributed by atoms with Crippen LogP contribution in [0.2, 0.25) is 0 Å². The van der Waals surface area contributed by atoms with Gasteiger partial charge in [-0.1, -0.05) is 27.7 Å². The number of benzene rings is 1. The van der Waals surface area contributed by atoms with Crippen LogP contribution in [0.3, 0.4) is 0 Å². The molecule has 5 nitrogen and oxygen atoms in total. The molecule has 1 aromatic carbocycles. The summed E-state index contributed by atoms with van der Waals surface area (Å²) < 4.78 is 2.95. The maximum Gasteiger partial charge on any atom is 0.313 e. The molecule has 21 heavy (non-hydrogen) atoms. The molecule has 0 aliphatic rings. The number of nitrogens with zero attached hydrogens (tertiary/aromatic N) is 3. The topological polar surface area (TPSA) is 68.0 Å². The van der Waals surface area contributed by atoms with Crippen molar-refractivity contribution in [1.29, 1.82) is 0 Å². The molecule has 2 aromatic heterocycles. The van der Waals surface area contributed by atoms with E-state index in [1.807, 2.05) is 28.1 Å². The second kappa shape index (κ2) is 6.17. The highest BCUT2D eigenvalue weighted by molar-refractivity contribution is 9.10. The van der Waals surface area contributed by atoms with E-state index in [2.05, 4.69) is 25.9 Å². The molecule has 0 saturated carbocycles. The summed E-state index contributed by atoms with van der Waals surface area (Å²) in [6, 6.07) is 5.86. The van der Waals surface area contributed by atoms with Crippen LogP contribution in [0.4, 0.5) is 0 Å². The molecule has 0 radical (unpaired) electrons. The summed E-state index contributed by atoms with van der Waals surface area (Å²) in [5.74, 6) is -0.866. The number of thiazole rings is 1. The first-order valence-electron chi connectivity index (χ1n) is 6.01. The number of carboxylic acids is 1. The van der Waals surface area contributed by atoms with Gasteiger partial charge in [0.25, 0.3) is 0 Å². The molecule has 3 aromatic rings. The van der Waals surface area contributed by atoms with Crippen LogP contribution in [0, 0.1) is 0 Å². The maximum absolute atomic E-state index is 10.8. The van der Waals surface area contributed by atoms with Gasteiger partial charge in [-0.15, -0.1) is 11.3 Å². The standard InChI is InChI=1S/C13H10BrN3O2S2/c14-8-1-2-11-10(3-8)16-13(21-6-12(18)19)17(11)4-9-5-20-7-15-9/h1-3,5,7H,4,6H2,(H,18,19). The molecule has 0 bridgehead atoms. The quantitative estimate of drug-likeness (QED) is 0.683. The van der Waals surface area contributed by atoms with E-state index in [4.69, 9.17) is 5.11 Å². The number of aromatic nitrogens is 3. The van der Waals surface area contributed by atoms with Crippen LogP contribution in [0.1, 0.15) is 5.69 Å². The average Bonchev–Trinajstić information content (AvgIpc) is 3.05. The highest BCUT2D eigenvalue weighted by Crippen LogP contribution is 2.27. The molecule has 0 aliphatic heterocycles. The van der Waals surface area contributed by atoms with Crippen molar-refractivity contribution in [2.45, 2.75) is 11.7 Å². The normalized spacial score (nSPS) is 11.1. The summed E-state index contributed by atoms with van der Waals surface area (Å²) in [5.41, 5.74) is 4.54. The second-order valence-electron chi connectivity index (χ2n) is 4.28. The van der Waals surface area contributed by atoms with Gasteiger partial charge in [0.15, 0.2) is 5.16 Å². The highest BCUT2D eigenvalue weighted by atomic mass is 79.9. The van der Waals surface area contributed by atoms with Gasteiger partial charge < -0.3 is 9.67 Å². The van der Waals surface area contributed by atoms with Crippen LogP contribution in [0.15, 0.2) is 38.7 Å². The van der Waals surface area contributed by atoms with Crippen molar-refractivity contribution in [1.82, 2.24) is 14.5 Å². The monoisotopic (exact) mass is 383 g/mol. The zero-order valence-electron chi connectivity index (χ0n) is 10.7. The number of carboxylic acid groups (broad SMARTS) is 1. The van der Waals surface area contributed by atoms with Gasteiger partial charge >= 0.3 is 5.97 Å². The molecule has 0 unspecified atom stereocenters. The number of hydrogen-bond acceptors (Lipinski definition) is 5. The Morgan fingerprint density at radius 1 is 1.48 bits per heavy atom. The Kier molecular flexibility index (Phi) is 4.27. The molecule has 8 heteroatoms. The third-order valence-corrected chi connectivity index (χ3v) is 4.89. The smallest absolute Gasteiger partial charge is 0.313 e. The number of hydrogen-bond donors (Lipinski definition) is 1. The molecule has 0 aliphatic carbocycles. The van der Waals surface area contributed by atoms with Gasteiger partial charge in [-0.2, -0.15) is 0 Å². The van der Waals surface area contributed by atoms with Crippen LogP contribution in [0.5, 0.6) is 0 Å². The lowest BCUT2D eigenvalue weighted by Gasteiger charge is -2.06. The van der Waals surface area contributed by atoms with E-state index >= 15 is 0 Å². The lowest BCUT2D eigenvalue weighted by Crippen LogP contribution is -2.04. The fourth-order valence-electron chi connectivity index (χ4n) is 1.95. The minimum absolute atomic E-state index is 0.0123. The first kappa shape index (κ1) is 14.6. The molecule has 0 atom stereocenters. The Hall–Kier alpha value is -1.38. The summed E-state index contributed by atoms with van der Waals surface area (Å²) in [7, 11) is 0. The lowest BCUT2D eigenvalue weighted by atomic mass is 10.3. The minimum atomic E-state index is -0.853. The molecule has 1 N–H and O–H groups in total. The summed E-state index contributed by atoms with van der Waals surface area (Å²) in [5, 5.41) is 11.5. The molecule has 3 rings (SSSR count). The number of fused-ring (bicyclic) bond motifs is 1. The first-order valence-corrected chi connectivity index (χ1v) is 8.73. The van der Waals surface area contributed by atoms with Crippen molar-refractivity contribution in [3.05, 3.63) is 39.3 Å². The Morgan fingerprint density at radius 3 is 3.05 bits per heavy atom. The van der Waals surface area contributed by atoms with E-state index < -0.39 is 5.97 Å².